The third kappa shape index (κ3) is 10.0. The van der Waals surface area contributed by atoms with E-state index in [0.717, 1.165) is 42.9 Å². The summed E-state index contributed by atoms with van der Waals surface area (Å²) in [5.74, 6) is -0.0612. The number of hydrogen-bond acceptors (Lipinski definition) is 6. The van der Waals surface area contributed by atoms with Gasteiger partial charge in [-0.3, -0.25) is 0 Å². The number of ether oxygens (including phenoxy) is 2. The van der Waals surface area contributed by atoms with Crippen molar-refractivity contribution in [3.05, 3.63) is 75.8 Å². The standard InChI is InChI=1S/C24H28FN3O2.C6H14O/c1-14(2)10-21-17(5)23(28-13-27-21)19-12-18(16(4)11-20(19)25)24(29)15(3)8-9-22(26-6)30-7;1-3-5-7-6-4-2/h8-13,24,29H,6H2,1-5,7H3;3-6H2,1-2H3/b15-8+,22-9+;. The minimum atomic E-state index is -0.928. The summed E-state index contributed by atoms with van der Waals surface area (Å²) in [5, 5.41) is 10.9. The molecule has 37 heavy (non-hydrogen) atoms. The molecule has 0 fully saturated rings. The van der Waals surface area contributed by atoms with Crippen molar-refractivity contribution in [3.8, 4) is 11.3 Å². The fraction of sp³-hybridized carbons (Fsp3) is 0.433. The van der Waals surface area contributed by atoms with Crippen LogP contribution in [-0.4, -0.2) is 42.1 Å². The molecular weight excluding hydrogens is 469 g/mol. The van der Waals surface area contributed by atoms with Gasteiger partial charge in [0, 0.05) is 30.4 Å². The molecule has 0 amide bonds. The van der Waals surface area contributed by atoms with Crippen LogP contribution in [0.15, 0.2) is 52.6 Å². The summed E-state index contributed by atoms with van der Waals surface area (Å²) in [6.07, 6.45) is 8.03. The monoisotopic (exact) mass is 511 g/mol. The summed E-state index contributed by atoms with van der Waals surface area (Å²) < 4.78 is 25.1. The van der Waals surface area contributed by atoms with E-state index in [9.17, 15) is 9.50 Å². The molecule has 0 spiro atoms. The Bertz CT molecular complexity index is 1120. The number of hydrogen-bond donors (Lipinski definition) is 1. The van der Waals surface area contributed by atoms with Crippen LogP contribution >= 0.6 is 0 Å². The number of aryl methyl sites for hydroxylation is 1. The first-order chi connectivity index (χ1) is 17.6. The van der Waals surface area contributed by atoms with Crippen molar-refractivity contribution in [2.24, 2.45) is 4.99 Å². The second-order valence-electron chi connectivity index (χ2n) is 8.94. The number of aliphatic imine (C=N–C) groups is 1. The molecule has 1 unspecified atom stereocenters. The molecule has 2 rings (SSSR count). The molecule has 1 heterocycles. The molecule has 1 atom stereocenters. The fourth-order valence-electron chi connectivity index (χ4n) is 3.43. The minimum Gasteiger partial charge on any atom is -0.481 e. The van der Waals surface area contributed by atoms with Gasteiger partial charge in [-0.05, 0) is 89.1 Å². The van der Waals surface area contributed by atoms with E-state index in [4.69, 9.17) is 9.47 Å². The summed E-state index contributed by atoms with van der Waals surface area (Å²) in [6.45, 7) is 18.9. The van der Waals surface area contributed by atoms with E-state index in [0.29, 0.717) is 33.8 Å². The van der Waals surface area contributed by atoms with Crippen molar-refractivity contribution in [2.45, 2.75) is 67.4 Å². The Morgan fingerprint density at radius 3 is 2.30 bits per heavy atom. The largest absolute Gasteiger partial charge is 0.481 e. The molecule has 2 aromatic rings. The Labute approximate surface area is 221 Å². The van der Waals surface area contributed by atoms with Gasteiger partial charge in [-0.15, -0.1) is 0 Å². The minimum absolute atomic E-state index is 0.326. The quantitative estimate of drug-likeness (QED) is 0.148. The van der Waals surface area contributed by atoms with Crippen molar-refractivity contribution in [1.82, 2.24) is 9.97 Å². The Balaban J connectivity index is 0.000000856. The van der Waals surface area contributed by atoms with Crippen molar-refractivity contribution < 1.29 is 19.0 Å². The van der Waals surface area contributed by atoms with E-state index in [1.165, 1.54) is 19.5 Å². The van der Waals surface area contributed by atoms with Crippen LogP contribution in [0.25, 0.3) is 17.3 Å². The molecule has 6 nitrogen and oxygen atoms in total. The zero-order valence-electron chi connectivity index (χ0n) is 23.6. The number of aliphatic hydroxyl groups is 1. The van der Waals surface area contributed by atoms with Crippen molar-refractivity contribution >= 4 is 12.8 Å². The SMILES string of the molecule is C=N/C(=C\C=C(/C)C(O)c1cc(-c2ncnc(C=C(C)C)c2C)c(F)cc1C)OC.CCCOCCC. The molecule has 0 saturated carbocycles. The van der Waals surface area contributed by atoms with Gasteiger partial charge in [-0.25, -0.2) is 19.4 Å². The highest BCUT2D eigenvalue weighted by atomic mass is 19.1. The van der Waals surface area contributed by atoms with Gasteiger partial charge in [0.15, 0.2) is 0 Å². The number of halogens is 1. The van der Waals surface area contributed by atoms with E-state index in [1.54, 1.807) is 32.1 Å². The van der Waals surface area contributed by atoms with Gasteiger partial charge in [0.25, 0.3) is 0 Å². The zero-order chi connectivity index (χ0) is 28.0. The molecule has 0 bridgehead atoms. The lowest BCUT2D eigenvalue weighted by Crippen LogP contribution is -2.05. The number of allylic oxidation sites excluding steroid dienone is 3. The smallest absolute Gasteiger partial charge is 0.212 e. The summed E-state index contributed by atoms with van der Waals surface area (Å²) in [7, 11) is 1.49. The van der Waals surface area contributed by atoms with Gasteiger partial charge in [0.05, 0.1) is 18.5 Å². The van der Waals surface area contributed by atoms with Crippen LogP contribution in [-0.2, 0) is 9.47 Å². The molecule has 0 radical (unpaired) electrons. The van der Waals surface area contributed by atoms with Crippen LogP contribution in [0.2, 0.25) is 0 Å². The number of rotatable bonds is 11. The molecule has 1 aromatic heterocycles. The Morgan fingerprint density at radius 1 is 1.11 bits per heavy atom. The Kier molecular flexibility index (Phi) is 14.3. The summed E-state index contributed by atoms with van der Waals surface area (Å²) >= 11 is 0. The average molecular weight is 512 g/mol. The van der Waals surface area contributed by atoms with Crippen LogP contribution in [0.4, 0.5) is 4.39 Å². The van der Waals surface area contributed by atoms with E-state index in [2.05, 4.69) is 35.5 Å². The lowest BCUT2D eigenvalue weighted by Gasteiger charge is -2.17. The van der Waals surface area contributed by atoms with Crippen molar-refractivity contribution in [2.75, 3.05) is 20.3 Å². The number of methoxy groups -OCH3 is 1. The predicted molar refractivity (Wildman–Crippen MR) is 151 cm³/mol. The van der Waals surface area contributed by atoms with Crippen LogP contribution in [0.5, 0.6) is 0 Å². The molecule has 0 aliphatic carbocycles. The van der Waals surface area contributed by atoms with Gasteiger partial charge in [-0.1, -0.05) is 25.5 Å². The van der Waals surface area contributed by atoms with Crippen LogP contribution in [0, 0.1) is 19.7 Å². The first-order valence-electron chi connectivity index (χ1n) is 12.5. The molecule has 0 saturated heterocycles. The van der Waals surface area contributed by atoms with Gasteiger partial charge in [-0.2, -0.15) is 0 Å². The Hall–Kier alpha value is -3.16. The molecule has 202 valence electrons. The molecule has 1 N–H and O–H groups in total. The number of aliphatic hydroxyl groups excluding tert-OH is 1. The van der Waals surface area contributed by atoms with E-state index in [1.807, 2.05) is 26.8 Å². The zero-order valence-corrected chi connectivity index (χ0v) is 23.6. The van der Waals surface area contributed by atoms with Gasteiger partial charge in [0.2, 0.25) is 5.88 Å². The van der Waals surface area contributed by atoms with Gasteiger partial charge < -0.3 is 14.6 Å². The molecule has 7 heteroatoms. The number of benzene rings is 1. The average Bonchev–Trinajstić information content (AvgIpc) is 2.86. The highest BCUT2D eigenvalue weighted by Crippen LogP contribution is 2.33. The normalized spacial score (nSPS) is 12.4. The summed E-state index contributed by atoms with van der Waals surface area (Å²) in [4.78, 5) is 12.3. The third-order valence-corrected chi connectivity index (χ3v) is 5.44. The highest BCUT2D eigenvalue weighted by Gasteiger charge is 2.19. The fourth-order valence-corrected chi connectivity index (χ4v) is 3.43. The maximum Gasteiger partial charge on any atom is 0.212 e. The molecular formula is C30H42FN3O3. The first kappa shape index (κ1) is 31.9. The van der Waals surface area contributed by atoms with E-state index < -0.39 is 11.9 Å². The second-order valence-corrected chi connectivity index (χ2v) is 8.94. The maximum absolute atomic E-state index is 14.9. The number of nitrogens with zero attached hydrogens (tertiary/aromatic N) is 3. The molecule has 0 aliphatic rings. The van der Waals surface area contributed by atoms with Crippen LogP contribution < -0.4 is 0 Å². The van der Waals surface area contributed by atoms with E-state index >= 15 is 0 Å². The summed E-state index contributed by atoms with van der Waals surface area (Å²) in [5.41, 5.74) is 5.33. The lowest BCUT2D eigenvalue weighted by atomic mass is 9.93. The highest BCUT2D eigenvalue weighted by molar-refractivity contribution is 5.69. The molecule has 0 aliphatic heterocycles. The van der Waals surface area contributed by atoms with E-state index in [-0.39, 0.29) is 0 Å². The number of aromatic nitrogens is 2. The van der Waals surface area contributed by atoms with Crippen LogP contribution in [0.3, 0.4) is 0 Å². The van der Waals surface area contributed by atoms with Crippen molar-refractivity contribution in [3.63, 3.8) is 0 Å². The second kappa shape index (κ2) is 16.6. The van der Waals surface area contributed by atoms with Crippen molar-refractivity contribution in [1.29, 1.82) is 0 Å². The Morgan fingerprint density at radius 2 is 1.76 bits per heavy atom. The van der Waals surface area contributed by atoms with Gasteiger partial charge >= 0.3 is 0 Å². The molecule has 1 aromatic carbocycles. The lowest BCUT2D eigenvalue weighted by molar-refractivity contribution is 0.135. The third-order valence-electron chi connectivity index (χ3n) is 5.44. The summed E-state index contributed by atoms with van der Waals surface area (Å²) in [6, 6.07) is 3.08. The van der Waals surface area contributed by atoms with Gasteiger partial charge in [0.1, 0.15) is 18.2 Å². The topological polar surface area (TPSA) is 76.8 Å². The maximum atomic E-state index is 14.9. The first-order valence-corrected chi connectivity index (χ1v) is 12.5. The predicted octanol–water partition coefficient (Wildman–Crippen LogP) is 7.31. The van der Waals surface area contributed by atoms with Crippen LogP contribution in [0.1, 0.15) is 75.9 Å².